The van der Waals surface area contributed by atoms with Crippen LogP contribution in [0.5, 0.6) is 0 Å². The summed E-state index contributed by atoms with van der Waals surface area (Å²) in [6.07, 6.45) is -0.290. The Bertz CT molecular complexity index is 592. The summed E-state index contributed by atoms with van der Waals surface area (Å²) in [4.78, 5) is 38.7. The van der Waals surface area contributed by atoms with E-state index in [1.807, 2.05) is 0 Å². The zero-order valence-electron chi connectivity index (χ0n) is 13.9. The number of carbonyl (C=O) groups excluding carboxylic acids is 3. The van der Waals surface area contributed by atoms with Gasteiger partial charge in [-0.2, -0.15) is 0 Å². The summed E-state index contributed by atoms with van der Waals surface area (Å²) in [5.41, 5.74) is 0.528. The van der Waals surface area contributed by atoms with Gasteiger partial charge < -0.3 is 24.4 Å². The molecule has 0 radical (unpaired) electrons. The number of piperazine rings is 1. The normalized spacial score (nSPS) is 14.4. The Labute approximate surface area is 139 Å². The smallest absolute Gasteiger partial charge is 0.409 e. The number of nitrogens with zero attached hydrogens (tertiary/aromatic N) is 3. The molecular formula is C15H22N4O5. The number of rotatable bonds is 5. The summed E-state index contributed by atoms with van der Waals surface area (Å²) >= 11 is 0. The minimum atomic E-state index is -0.360. The molecule has 1 fully saturated rings. The predicted molar refractivity (Wildman–Crippen MR) is 83.1 cm³/mol. The lowest BCUT2D eigenvalue weighted by Crippen LogP contribution is -2.52. The molecule has 0 atom stereocenters. The van der Waals surface area contributed by atoms with Crippen LogP contribution in [-0.4, -0.2) is 72.2 Å². The first-order valence-corrected chi connectivity index (χ1v) is 7.88. The summed E-state index contributed by atoms with van der Waals surface area (Å²) in [6.45, 7) is 5.46. The Kier molecular flexibility index (Phi) is 6.16. The Balaban J connectivity index is 1.69. The molecule has 2 heterocycles. The molecular weight excluding hydrogens is 316 g/mol. The number of carbonyl (C=O) groups is 3. The van der Waals surface area contributed by atoms with E-state index in [2.05, 4.69) is 10.5 Å². The maximum Gasteiger partial charge on any atom is 0.409 e. The van der Waals surface area contributed by atoms with Crippen molar-refractivity contribution < 1.29 is 23.6 Å². The summed E-state index contributed by atoms with van der Waals surface area (Å²) in [5.74, 6) is 0.165. The highest BCUT2D eigenvalue weighted by Crippen LogP contribution is 2.05. The average Bonchev–Trinajstić information content (AvgIpc) is 2.98. The third-order valence-corrected chi connectivity index (χ3v) is 3.61. The fourth-order valence-corrected chi connectivity index (χ4v) is 2.37. The van der Waals surface area contributed by atoms with Crippen molar-refractivity contribution in [3.8, 4) is 0 Å². The van der Waals surface area contributed by atoms with E-state index in [9.17, 15) is 14.4 Å². The number of aryl methyl sites for hydroxylation is 1. The third kappa shape index (κ3) is 4.97. The second-order valence-corrected chi connectivity index (χ2v) is 5.45. The van der Waals surface area contributed by atoms with Gasteiger partial charge in [-0.3, -0.25) is 9.59 Å². The zero-order valence-corrected chi connectivity index (χ0v) is 13.9. The van der Waals surface area contributed by atoms with E-state index >= 15 is 0 Å². The number of ether oxygens (including phenoxy) is 1. The van der Waals surface area contributed by atoms with E-state index in [-0.39, 0.29) is 30.9 Å². The van der Waals surface area contributed by atoms with Gasteiger partial charge in [-0.1, -0.05) is 5.16 Å². The molecule has 9 heteroatoms. The molecule has 24 heavy (non-hydrogen) atoms. The van der Waals surface area contributed by atoms with Crippen molar-refractivity contribution in [1.29, 1.82) is 0 Å². The molecule has 1 aliphatic rings. The first-order chi connectivity index (χ1) is 11.5. The van der Waals surface area contributed by atoms with E-state index in [1.54, 1.807) is 29.7 Å². The van der Waals surface area contributed by atoms with Crippen LogP contribution in [0.15, 0.2) is 10.6 Å². The topological polar surface area (TPSA) is 105 Å². The van der Waals surface area contributed by atoms with Gasteiger partial charge in [-0.25, -0.2) is 4.79 Å². The van der Waals surface area contributed by atoms with Crippen molar-refractivity contribution in [3.63, 3.8) is 0 Å². The number of hydrogen-bond donors (Lipinski definition) is 1. The summed E-state index contributed by atoms with van der Waals surface area (Å²) in [5, 5.41) is 6.31. The molecule has 0 bridgehead atoms. The number of amides is 3. The fourth-order valence-electron chi connectivity index (χ4n) is 2.37. The second kappa shape index (κ2) is 8.32. The van der Waals surface area contributed by atoms with Crippen molar-refractivity contribution in [2.75, 3.05) is 39.3 Å². The maximum atomic E-state index is 12.1. The van der Waals surface area contributed by atoms with Crippen LogP contribution < -0.4 is 5.32 Å². The van der Waals surface area contributed by atoms with Crippen LogP contribution in [0.25, 0.3) is 0 Å². The van der Waals surface area contributed by atoms with Crippen LogP contribution in [0.2, 0.25) is 0 Å². The van der Waals surface area contributed by atoms with E-state index < -0.39 is 0 Å². The minimum Gasteiger partial charge on any atom is -0.450 e. The lowest BCUT2D eigenvalue weighted by atomic mass is 10.2. The molecule has 1 saturated heterocycles. The number of hydrogen-bond acceptors (Lipinski definition) is 6. The summed E-state index contributed by atoms with van der Waals surface area (Å²) in [6, 6.07) is 1.68. The molecule has 9 nitrogen and oxygen atoms in total. The first-order valence-electron chi connectivity index (χ1n) is 7.88. The van der Waals surface area contributed by atoms with Crippen molar-refractivity contribution >= 4 is 17.9 Å². The Morgan fingerprint density at radius 2 is 1.92 bits per heavy atom. The highest BCUT2D eigenvalue weighted by Gasteiger charge is 2.24. The van der Waals surface area contributed by atoms with Gasteiger partial charge >= 0.3 is 6.09 Å². The summed E-state index contributed by atoms with van der Waals surface area (Å²) < 4.78 is 9.81. The standard InChI is InChI=1S/C15H22N4O5/c1-3-23-15(22)19-6-4-18(5-7-19)14(21)10-16-13(20)9-12-8-11(2)24-17-12/h8H,3-7,9-10H2,1-2H3,(H,16,20). The molecule has 1 aromatic heterocycles. The maximum absolute atomic E-state index is 12.1. The molecule has 1 aliphatic heterocycles. The van der Waals surface area contributed by atoms with Crippen LogP contribution in [0.3, 0.4) is 0 Å². The molecule has 0 aliphatic carbocycles. The van der Waals surface area contributed by atoms with Crippen LogP contribution in [0.4, 0.5) is 4.79 Å². The summed E-state index contributed by atoms with van der Waals surface area (Å²) in [7, 11) is 0. The Morgan fingerprint density at radius 3 is 2.50 bits per heavy atom. The van der Waals surface area contributed by atoms with Crippen LogP contribution in [0.1, 0.15) is 18.4 Å². The first kappa shape index (κ1) is 17.8. The van der Waals surface area contributed by atoms with Crippen LogP contribution in [0, 0.1) is 6.92 Å². The Hall–Kier alpha value is -2.58. The number of nitrogens with one attached hydrogen (secondary N) is 1. The van der Waals surface area contributed by atoms with Gasteiger partial charge in [0.25, 0.3) is 0 Å². The molecule has 132 valence electrons. The van der Waals surface area contributed by atoms with Crippen molar-refractivity contribution in [1.82, 2.24) is 20.3 Å². The zero-order chi connectivity index (χ0) is 17.5. The van der Waals surface area contributed by atoms with E-state index in [4.69, 9.17) is 9.26 Å². The molecule has 1 N–H and O–H groups in total. The van der Waals surface area contributed by atoms with Gasteiger partial charge in [0.1, 0.15) is 5.76 Å². The molecule has 0 spiro atoms. The van der Waals surface area contributed by atoms with Gasteiger partial charge in [0, 0.05) is 32.2 Å². The van der Waals surface area contributed by atoms with E-state index in [0.717, 1.165) is 0 Å². The van der Waals surface area contributed by atoms with Crippen molar-refractivity contribution in [3.05, 3.63) is 17.5 Å². The van der Waals surface area contributed by atoms with Gasteiger partial charge in [0.15, 0.2) is 0 Å². The van der Waals surface area contributed by atoms with Gasteiger partial charge in [0.05, 0.1) is 25.3 Å². The van der Waals surface area contributed by atoms with Gasteiger partial charge in [-0.05, 0) is 13.8 Å². The van der Waals surface area contributed by atoms with Crippen LogP contribution in [-0.2, 0) is 20.7 Å². The highest BCUT2D eigenvalue weighted by atomic mass is 16.6. The predicted octanol–water partition coefficient (Wildman–Crippen LogP) is -0.0576. The molecule has 0 unspecified atom stereocenters. The SMILES string of the molecule is CCOC(=O)N1CCN(C(=O)CNC(=O)Cc2cc(C)on2)CC1. The van der Waals surface area contributed by atoms with Gasteiger partial charge in [0.2, 0.25) is 11.8 Å². The van der Waals surface area contributed by atoms with E-state index in [0.29, 0.717) is 44.2 Å². The van der Waals surface area contributed by atoms with E-state index in [1.165, 1.54) is 0 Å². The Morgan fingerprint density at radius 1 is 1.25 bits per heavy atom. The largest absolute Gasteiger partial charge is 0.450 e. The van der Waals surface area contributed by atoms with Crippen LogP contribution >= 0.6 is 0 Å². The molecule has 0 saturated carbocycles. The lowest BCUT2D eigenvalue weighted by Gasteiger charge is -2.34. The molecule has 3 amide bonds. The average molecular weight is 338 g/mol. The monoisotopic (exact) mass is 338 g/mol. The second-order valence-electron chi connectivity index (χ2n) is 5.45. The highest BCUT2D eigenvalue weighted by molar-refractivity contribution is 5.85. The molecule has 2 rings (SSSR count). The fraction of sp³-hybridized carbons (Fsp3) is 0.600. The quantitative estimate of drug-likeness (QED) is 0.806. The number of aromatic nitrogens is 1. The molecule has 0 aromatic carbocycles. The van der Waals surface area contributed by atoms with Crippen molar-refractivity contribution in [2.45, 2.75) is 20.3 Å². The molecule has 1 aromatic rings. The lowest BCUT2D eigenvalue weighted by molar-refractivity contribution is -0.134. The minimum absolute atomic E-state index is 0.0707. The van der Waals surface area contributed by atoms with Gasteiger partial charge in [-0.15, -0.1) is 0 Å². The van der Waals surface area contributed by atoms with Crippen molar-refractivity contribution in [2.24, 2.45) is 0 Å². The third-order valence-electron chi connectivity index (χ3n) is 3.61.